The summed E-state index contributed by atoms with van der Waals surface area (Å²) in [6, 6.07) is 3.48. The fraction of sp³-hybridized carbons (Fsp3) is 0.462. The van der Waals surface area contributed by atoms with Gasteiger partial charge in [0.1, 0.15) is 0 Å². The zero-order valence-corrected chi connectivity index (χ0v) is 13.4. The van der Waals surface area contributed by atoms with Gasteiger partial charge >= 0.3 is 0 Å². The summed E-state index contributed by atoms with van der Waals surface area (Å²) in [6.45, 7) is 0.551. The van der Waals surface area contributed by atoms with Gasteiger partial charge in [0.05, 0.1) is 15.7 Å². The van der Waals surface area contributed by atoms with Crippen LogP contribution in [0.5, 0.6) is 0 Å². The lowest BCUT2D eigenvalue weighted by atomic mass is 9.66. The molecule has 1 aromatic carbocycles. The molecule has 19 heavy (non-hydrogen) atoms. The Bertz CT molecular complexity index is 498. The molecule has 0 unspecified atom stereocenters. The molecule has 6 heteroatoms. The number of nitrogens with one attached hydrogen (secondary N) is 1. The normalized spacial score (nSPS) is 16.8. The number of hydrogen-bond donors (Lipinski definition) is 2. The number of carbonyl (C=O) groups excluding carboxylic acids is 1. The van der Waals surface area contributed by atoms with Crippen molar-refractivity contribution in [1.82, 2.24) is 0 Å². The topological polar surface area (TPSA) is 55.1 Å². The van der Waals surface area contributed by atoms with E-state index in [1.54, 1.807) is 12.1 Å². The molecule has 2 rings (SSSR count). The average Bonchev–Trinajstić information content (AvgIpc) is 2.35. The summed E-state index contributed by atoms with van der Waals surface area (Å²) in [5.41, 5.74) is 6.27. The molecule has 104 valence electrons. The molecule has 3 N–H and O–H groups in total. The Balaban J connectivity index is 2.05. The van der Waals surface area contributed by atoms with Crippen molar-refractivity contribution < 1.29 is 4.79 Å². The number of benzene rings is 1. The molecule has 1 saturated carbocycles. The van der Waals surface area contributed by atoms with Crippen LogP contribution in [0.2, 0.25) is 10.0 Å². The molecule has 0 radical (unpaired) electrons. The van der Waals surface area contributed by atoms with Crippen molar-refractivity contribution in [2.24, 2.45) is 11.1 Å². The standard InChI is InChI=1S/C13H15BrCl2N2O/c14-8-2-3-9(12(16)11(8)15)18-10(19)6-13(7-17)4-1-5-13/h2-3H,1,4-7,17H2,(H,18,19). The van der Waals surface area contributed by atoms with Crippen LogP contribution in [0, 0.1) is 5.41 Å². The first-order valence-corrected chi connectivity index (χ1v) is 7.66. The summed E-state index contributed by atoms with van der Waals surface area (Å²) in [4.78, 5) is 12.0. The van der Waals surface area contributed by atoms with E-state index in [1.165, 1.54) is 0 Å². The Morgan fingerprint density at radius 2 is 2.05 bits per heavy atom. The second-order valence-electron chi connectivity index (χ2n) is 5.01. The first-order chi connectivity index (χ1) is 8.97. The quantitative estimate of drug-likeness (QED) is 0.785. The number of amides is 1. The lowest BCUT2D eigenvalue weighted by Gasteiger charge is -2.40. The lowest BCUT2D eigenvalue weighted by molar-refractivity contribution is -0.119. The highest BCUT2D eigenvalue weighted by atomic mass is 79.9. The second kappa shape index (κ2) is 6.00. The van der Waals surface area contributed by atoms with Crippen LogP contribution in [0.3, 0.4) is 0 Å². The van der Waals surface area contributed by atoms with Gasteiger partial charge in [-0.3, -0.25) is 4.79 Å². The van der Waals surface area contributed by atoms with Crippen LogP contribution >= 0.6 is 39.1 Å². The summed E-state index contributed by atoms with van der Waals surface area (Å²) in [7, 11) is 0. The van der Waals surface area contributed by atoms with Crippen molar-refractivity contribution in [3.63, 3.8) is 0 Å². The molecule has 1 aromatic rings. The third kappa shape index (κ3) is 3.24. The highest BCUT2D eigenvalue weighted by Crippen LogP contribution is 2.43. The molecule has 0 heterocycles. The number of halogens is 3. The molecule has 0 spiro atoms. The van der Waals surface area contributed by atoms with Gasteiger partial charge in [-0.25, -0.2) is 0 Å². The zero-order chi connectivity index (χ0) is 14.0. The van der Waals surface area contributed by atoms with E-state index in [0.717, 1.165) is 19.3 Å². The van der Waals surface area contributed by atoms with Gasteiger partial charge in [-0.2, -0.15) is 0 Å². The predicted molar refractivity (Wildman–Crippen MR) is 82.7 cm³/mol. The van der Waals surface area contributed by atoms with E-state index in [-0.39, 0.29) is 11.3 Å². The third-order valence-electron chi connectivity index (χ3n) is 3.69. The molecule has 0 saturated heterocycles. The van der Waals surface area contributed by atoms with Crippen LogP contribution < -0.4 is 11.1 Å². The van der Waals surface area contributed by atoms with E-state index in [4.69, 9.17) is 28.9 Å². The summed E-state index contributed by atoms with van der Waals surface area (Å²) in [5, 5.41) is 3.55. The van der Waals surface area contributed by atoms with Gasteiger partial charge in [0, 0.05) is 10.9 Å². The van der Waals surface area contributed by atoms with Gasteiger partial charge in [0.15, 0.2) is 0 Å². The Kier molecular flexibility index (Phi) is 4.77. The summed E-state index contributed by atoms with van der Waals surface area (Å²) >= 11 is 15.4. The van der Waals surface area contributed by atoms with Crippen molar-refractivity contribution in [3.05, 3.63) is 26.7 Å². The van der Waals surface area contributed by atoms with Crippen LogP contribution in [0.15, 0.2) is 16.6 Å². The van der Waals surface area contributed by atoms with E-state index < -0.39 is 0 Å². The highest BCUT2D eigenvalue weighted by Gasteiger charge is 2.37. The van der Waals surface area contributed by atoms with E-state index in [1.807, 2.05) is 0 Å². The molecule has 1 fully saturated rings. The van der Waals surface area contributed by atoms with Crippen LogP contribution in [-0.2, 0) is 4.79 Å². The number of rotatable bonds is 4. The predicted octanol–water partition coefficient (Wildman–Crippen LogP) is 4.21. The molecule has 1 aliphatic carbocycles. The Hall–Kier alpha value is -0.290. The van der Waals surface area contributed by atoms with Crippen molar-refractivity contribution in [2.45, 2.75) is 25.7 Å². The van der Waals surface area contributed by atoms with Gasteiger partial charge < -0.3 is 11.1 Å². The molecule has 0 aliphatic heterocycles. The maximum atomic E-state index is 12.0. The van der Waals surface area contributed by atoms with E-state index >= 15 is 0 Å². The summed E-state index contributed by atoms with van der Waals surface area (Å²) in [6.07, 6.45) is 3.63. The lowest BCUT2D eigenvalue weighted by Crippen LogP contribution is -2.40. The second-order valence-corrected chi connectivity index (χ2v) is 6.62. The molecule has 0 aromatic heterocycles. The maximum absolute atomic E-state index is 12.0. The van der Waals surface area contributed by atoms with Crippen molar-refractivity contribution >= 4 is 50.7 Å². The van der Waals surface area contributed by atoms with Gasteiger partial charge in [-0.1, -0.05) is 29.6 Å². The van der Waals surface area contributed by atoms with Crippen LogP contribution in [0.25, 0.3) is 0 Å². The third-order valence-corrected chi connectivity index (χ3v) is 5.46. The number of anilines is 1. The number of carbonyl (C=O) groups is 1. The van der Waals surface area contributed by atoms with Crippen molar-refractivity contribution in [2.75, 3.05) is 11.9 Å². The molecule has 1 amide bonds. The van der Waals surface area contributed by atoms with Gasteiger partial charge in [0.2, 0.25) is 5.91 Å². The fourth-order valence-corrected chi connectivity index (χ4v) is 3.11. The summed E-state index contributed by atoms with van der Waals surface area (Å²) in [5.74, 6) is -0.0644. The smallest absolute Gasteiger partial charge is 0.225 e. The maximum Gasteiger partial charge on any atom is 0.225 e. The van der Waals surface area contributed by atoms with E-state index in [9.17, 15) is 4.79 Å². The van der Waals surface area contributed by atoms with Crippen LogP contribution in [0.1, 0.15) is 25.7 Å². The zero-order valence-electron chi connectivity index (χ0n) is 10.3. The van der Waals surface area contributed by atoms with Crippen molar-refractivity contribution in [1.29, 1.82) is 0 Å². The molecular weight excluding hydrogens is 351 g/mol. The van der Waals surface area contributed by atoms with Crippen molar-refractivity contribution in [3.8, 4) is 0 Å². The fourth-order valence-electron chi connectivity index (χ4n) is 2.29. The van der Waals surface area contributed by atoms with Crippen LogP contribution in [0.4, 0.5) is 5.69 Å². The highest BCUT2D eigenvalue weighted by molar-refractivity contribution is 9.10. The largest absolute Gasteiger partial charge is 0.330 e. The van der Waals surface area contributed by atoms with E-state index in [0.29, 0.717) is 33.2 Å². The SMILES string of the molecule is NCC1(CC(=O)Nc2ccc(Br)c(Cl)c2Cl)CCC1. The minimum atomic E-state index is -0.0644. The number of nitrogens with two attached hydrogens (primary N) is 1. The number of hydrogen-bond acceptors (Lipinski definition) is 2. The molecular formula is C13H15BrCl2N2O. The van der Waals surface area contributed by atoms with E-state index in [2.05, 4.69) is 21.2 Å². The minimum absolute atomic E-state index is 0.0181. The summed E-state index contributed by atoms with van der Waals surface area (Å²) < 4.78 is 0.703. The molecule has 0 bridgehead atoms. The van der Waals surface area contributed by atoms with Gasteiger partial charge in [-0.15, -0.1) is 0 Å². The monoisotopic (exact) mass is 364 g/mol. The van der Waals surface area contributed by atoms with Gasteiger partial charge in [-0.05, 0) is 52.9 Å². The molecule has 3 nitrogen and oxygen atoms in total. The Morgan fingerprint density at radius 1 is 1.37 bits per heavy atom. The first kappa shape index (κ1) is 15.1. The average molecular weight is 366 g/mol. The minimum Gasteiger partial charge on any atom is -0.330 e. The van der Waals surface area contributed by atoms with Crippen LogP contribution in [-0.4, -0.2) is 12.5 Å². The Morgan fingerprint density at radius 3 is 2.58 bits per heavy atom. The first-order valence-electron chi connectivity index (χ1n) is 6.11. The Labute approximate surface area is 131 Å². The molecule has 1 aliphatic rings. The van der Waals surface area contributed by atoms with Gasteiger partial charge in [0.25, 0.3) is 0 Å². The molecule has 0 atom stereocenters.